The number of likely N-dealkylation sites (tertiary alicyclic amines) is 1. The second-order valence-corrected chi connectivity index (χ2v) is 7.20. The molecule has 4 nitrogen and oxygen atoms in total. The minimum absolute atomic E-state index is 0.286. The Kier molecular flexibility index (Phi) is 6.94. The molecular formula is C20H32N2O2. The van der Waals surface area contributed by atoms with E-state index >= 15 is 0 Å². The highest BCUT2D eigenvalue weighted by atomic mass is 16.5. The van der Waals surface area contributed by atoms with Crippen molar-refractivity contribution in [3.05, 3.63) is 29.8 Å². The first-order valence-electron chi connectivity index (χ1n) is 9.54. The van der Waals surface area contributed by atoms with Crippen LogP contribution < -0.4 is 10.1 Å². The minimum Gasteiger partial charge on any atom is -0.491 e. The maximum atomic E-state index is 5.84. The van der Waals surface area contributed by atoms with Gasteiger partial charge >= 0.3 is 0 Å². The molecule has 24 heavy (non-hydrogen) atoms. The molecule has 1 unspecified atom stereocenters. The lowest BCUT2D eigenvalue weighted by Gasteiger charge is -2.32. The van der Waals surface area contributed by atoms with Crippen molar-refractivity contribution in [1.29, 1.82) is 0 Å². The largest absolute Gasteiger partial charge is 0.491 e. The summed E-state index contributed by atoms with van der Waals surface area (Å²) in [5.41, 5.74) is 1.38. The molecule has 4 heteroatoms. The van der Waals surface area contributed by atoms with Crippen LogP contribution in [0.5, 0.6) is 5.75 Å². The Hall–Kier alpha value is -1.10. The highest BCUT2D eigenvalue weighted by Crippen LogP contribution is 2.22. The zero-order chi connectivity index (χ0) is 16.6. The summed E-state index contributed by atoms with van der Waals surface area (Å²) in [6.07, 6.45) is 6.57. The highest BCUT2D eigenvalue weighted by Gasteiger charge is 2.19. The summed E-state index contributed by atoms with van der Waals surface area (Å²) >= 11 is 0. The number of piperidine rings is 1. The molecule has 0 amide bonds. The molecule has 1 N–H and O–H groups in total. The lowest BCUT2D eigenvalue weighted by Crippen LogP contribution is -2.34. The van der Waals surface area contributed by atoms with Crippen LogP contribution in [0.2, 0.25) is 0 Å². The molecule has 0 saturated carbocycles. The zero-order valence-corrected chi connectivity index (χ0v) is 15.0. The maximum Gasteiger partial charge on any atom is 0.119 e. The number of benzene rings is 1. The Morgan fingerprint density at radius 1 is 1.17 bits per heavy atom. The molecule has 134 valence electrons. The molecule has 0 spiro atoms. The van der Waals surface area contributed by atoms with Gasteiger partial charge in [-0.1, -0.05) is 12.1 Å². The van der Waals surface area contributed by atoms with Crippen molar-refractivity contribution in [2.75, 3.05) is 39.9 Å². The topological polar surface area (TPSA) is 33.7 Å². The van der Waals surface area contributed by atoms with Crippen LogP contribution in [0.4, 0.5) is 0 Å². The standard InChI is InChI=1S/C20H32N2O2/c1-21-11-8-17-9-12-22(13-10-17)15-18-4-6-19(7-5-18)24-16-20-3-2-14-23-20/h4-7,17,20-21H,2-3,8-16H2,1H3. The van der Waals surface area contributed by atoms with Gasteiger partial charge in [0.1, 0.15) is 12.4 Å². The summed E-state index contributed by atoms with van der Waals surface area (Å²) < 4.78 is 11.4. The van der Waals surface area contributed by atoms with Crippen LogP contribution in [0.3, 0.4) is 0 Å². The molecule has 3 rings (SSSR count). The Bertz CT molecular complexity index is 463. The van der Waals surface area contributed by atoms with E-state index in [-0.39, 0.29) is 6.10 Å². The van der Waals surface area contributed by atoms with Gasteiger partial charge in [0, 0.05) is 13.2 Å². The quantitative estimate of drug-likeness (QED) is 0.793. The van der Waals surface area contributed by atoms with Gasteiger partial charge in [0.15, 0.2) is 0 Å². The molecule has 2 saturated heterocycles. The van der Waals surface area contributed by atoms with Crippen LogP contribution in [0.25, 0.3) is 0 Å². The van der Waals surface area contributed by atoms with E-state index in [1.54, 1.807) is 0 Å². The molecule has 1 aromatic rings. The van der Waals surface area contributed by atoms with Gasteiger partial charge in [-0.25, -0.2) is 0 Å². The third-order valence-electron chi connectivity index (χ3n) is 5.30. The van der Waals surface area contributed by atoms with Crippen molar-refractivity contribution in [3.63, 3.8) is 0 Å². The number of ether oxygens (including phenoxy) is 2. The van der Waals surface area contributed by atoms with E-state index in [4.69, 9.17) is 9.47 Å². The molecule has 0 radical (unpaired) electrons. The third kappa shape index (κ3) is 5.47. The van der Waals surface area contributed by atoms with Crippen molar-refractivity contribution in [2.45, 2.75) is 44.8 Å². The van der Waals surface area contributed by atoms with E-state index in [1.807, 2.05) is 7.05 Å². The fourth-order valence-electron chi connectivity index (χ4n) is 3.70. The molecule has 0 aromatic heterocycles. The summed E-state index contributed by atoms with van der Waals surface area (Å²) in [5, 5.41) is 3.27. The summed E-state index contributed by atoms with van der Waals surface area (Å²) in [7, 11) is 2.04. The smallest absolute Gasteiger partial charge is 0.119 e. The average Bonchev–Trinajstić information content (AvgIpc) is 3.14. The molecule has 1 aromatic carbocycles. The van der Waals surface area contributed by atoms with Gasteiger partial charge in [-0.15, -0.1) is 0 Å². The van der Waals surface area contributed by atoms with Gasteiger partial charge < -0.3 is 14.8 Å². The van der Waals surface area contributed by atoms with E-state index in [9.17, 15) is 0 Å². The highest BCUT2D eigenvalue weighted by molar-refractivity contribution is 5.27. The van der Waals surface area contributed by atoms with Crippen molar-refractivity contribution in [2.24, 2.45) is 5.92 Å². The Balaban J connectivity index is 1.38. The Labute approximate surface area is 146 Å². The number of nitrogens with zero attached hydrogens (tertiary/aromatic N) is 1. The number of nitrogens with one attached hydrogen (secondary N) is 1. The fraction of sp³-hybridized carbons (Fsp3) is 0.700. The molecule has 2 aliphatic heterocycles. The second kappa shape index (κ2) is 9.40. The summed E-state index contributed by atoms with van der Waals surface area (Å²) in [5.74, 6) is 1.86. The number of hydrogen-bond donors (Lipinski definition) is 1. The van der Waals surface area contributed by atoms with Gasteiger partial charge in [0.25, 0.3) is 0 Å². The molecule has 2 heterocycles. The van der Waals surface area contributed by atoms with Gasteiger partial charge in [0.05, 0.1) is 6.10 Å². The summed E-state index contributed by atoms with van der Waals surface area (Å²) in [4.78, 5) is 2.58. The first-order chi connectivity index (χ1) is 11.8. The van der Waals surface area contributed by atoms with Crippen LogP contribution in [0.15, 0.2) is 24.3 Å². The van der Waals surface area contributed by atoms with Crippen molar-refractivity contribution in [3.8, 4) is 5.75 Å². The first kappa shape index (κ1) is 17.7. The van der Waals surface area contributed by atoms with E-state index in [0.29, 0.717) is 6.61 Å². The molecule has 0 aliphatic carbocycles. The predicted octanol–water partition coefficient (Wildman–Crippen LogP) is 3.07. The van der Waals surface area contributed by atoms with Crippen LogP contribution in [-0.4, -0.2) is 50.9 Å². The van der Waals surface area contributed by atoms with Gasteiger partial charge in [0.2, 0.25) is 0 Å². The van der Waals surface area contributed by atoms with E-state index in [2.05, 4.69) is 34.5 Å². The van der Waals surface area contributed by atoms with Gasteiger partial charge in [-0.3, -0.25) is 4.90 Å². The maximum absolute atomic E-state index is 5.84. The number of rotatable bonds is 8. The predicted molar refractivity (Wildman–Crippen MR) is 97.5 cm³/mol. The van der Waals surface area contributed by atoms with E-state index < -0.39 is 0 Å². The van der Waals surface area contributed by atoms with Crippen molar-refractivity contribution >= 4 is 0 Å². The second-order valence-electron chi connectivity index (χ2n) is 7.20. The summed E-state index contributed by atoms with van der Waals surface area (Å²) in [6, 6.07) is 8.61. The molecule has 1 atom stereocenters. The van der Waals surface area contributed by atoms with E-state index in [1.165, 1.54) is 44.3 Å². The fourth-order valence-corrected chi connectivity index (χ4v) is 3.70. The monoisotopic (exact) mass is 332 g/mol. The SMILES string of the molecule is CNCCC1CCN(Cc2ccc(OCC3CCCO3)cc2)CC1. The van der Waals surface area contributed by atoms with Gasteiger partial charge in [-0.2, -0.15) is 0 Å². The normalized spacial score (nSPS) is 22.8. The first-order valence-corrected chi connectivity index (χ1v) is 9.54. The minimum atomic E-state index is 0.286. The molecule has 0 bridgehead atoms. The lowest BCUT2D eigenvalue weighted by atomic mass is 9.93. The zero-order valence-electron chi connectivity index (χ0n) is 15.0. The lowest BCUT2D eigenvalue weighted by molar-refractivity contribution is 0.0679. The summed E-state index contributed by atoms with van der Waals surface area (Å²) in [6.45, 7) is 6.23. The van der Waals surface area contributed by atoms with E-state index in [0.717, 1.165) is 37.8 Å². The number of hydrogen-bond acceptors (Lipinski definition) is 4. The Morgan fingerprint density at radius 3 is 2.62 bits per heavy atom. The van der Waals surface area contributed by atoms with Crippen molar-refractivity contribution < 1.29 is 9.47 Å². The molecular weight excluding hydrogens is 300 g/mol. The van der Waals surface area contributed by atoms with Crippen LogP contribution in [-0.2, 0) is 11.3 Å². The van der Waals surface area contributed by atoms with Crippen molar-refractivity contribution in [1.82, 2.24) is 10.2 Å². The average molecular weight is 332 g/mol. The molecule has 2 aliphatic rings. The van der Waals surface area contributed by atoms with Crippen LogP contribution in [0, 0.1) is 5.92 Å². The Morgan fingerprint density at radius 2 is 1.96 bits per heavy atom. The van der Waals surface area contributed by atoms with Gasteiger partial charge in [-0.05, 0) is 82.4 Å². The third-order valence-corrected chi connectivity index (χ3v) is 5.30. The molecule has 2 fully saturated rings. The van der Waals surface area contributed by atoms with Crippen LogP contribution >= 0.6 is 0 Å². The van der Waals surface area contributed by atoms with Crippen LogP contribution in [0.1, 0.15) is 37.7 Å².